The van der Waals surface area contributed by atoms with Crippen LogP contribution in [0.25, 0.3) is 0 Å². The van der Waals surface area contributed by atoms with Crippen molar-refractivity contribution in [1.82, 2.24) is 10.6 Å². The molecule has 0 unspecified atom stereocenters. The van der Waals surface area contributed by atoms with Crippen LogP contribution in [0.3, 0.4) is 0 Å². The Bertz CT molecular complexity index is 420. The molecule has 1 aromatic rings. The lowest BCUT2D eigenvalue weighted by molar-refractivity contribution is 0.311. The quantitative estimate of drug-likeness (QED) is 0.395. The monoisotopic (exact) mass is 323 g/mol. The van der Waals surface area contributed by atoms with E-state index in [-0.39, 0.29) is 0 Å². The first kappa shape index (κ1) is 18.7. The van der Waals surface area contributed by atoms with E-state index < -0.39 is 0 Å². The molecule has 0 radical (unpaired) electrons. The number of guanidine groups is 1. The number of benzene rings is 1. The molecule has 0 bridgehead atoms. The van der Waals surface area contributed by atoms with Crippen molar-refractivity contribution in [1.29, 1.82) is 0 Å². The van der Waals surface area contributed by atoms with Gasteiger partial charge >= 0.3 is 0 Å². The van der Waals surface area contributed by atoms with Gasteiger partial charge in [-0.15, -0.1) is 0 Å². The molecule has 4 nitrogen and oxygen atoms in total. The third kappa shape index (κ3) is 8.82. The molecule has 0 amide bonds. The average Bonchev–Trinajstić information content (AvgIpc) is 2.54. The molecule has 124 valence electrons. The summed E-state index contributed by atoms with van der Waals surface area (Å²) in [6, 6.07) is 8.16. The molecule has 0 saturated heterocycles. The third-order valence-electron chi connectivity index (χ3n) is 3.19. The van der Waals surface area contributed by atoms with E-state index in [0.29, 0.717) is 6.61 Å². The van der Waals surface area contributed by atoms with E-state index in [1.165, 1.54) is 24.2 Å². The third-order valence-corrected chi connectivity index (χ3v) is 3.89. The lowest BCUT2D eigenvalue weighted by Gasteiger charge is -2.12. The van der Waals surface area contributed by atoms with Gasteiger partial charge in [0.15, 0.2) is 5.96 Å². The highest BCUT2D eigenvalue weighted by atomic mass is 32.2. The number of hydrogen-bond acceptors (Lipinski definition) is 3. The summed E-state index contributed by atoms with van der Waals surface area (Å²) in [7, 11) is 1.81. The smallest absolute Gasteiger partial charge is 0.190 e. The Kier molecular flexibility index (Phi) is 10.4. The molecule has 0 aliphatic carbocycles. The van der Waals surface area contributed by atoms with Gasteiger partial charge in [0.1, 0.15) is 5.75 Å². The maximum Gasteiger partial charge on any atom is 0.190 e. The van der Waals surface area contributed by atoms with Gasteiger partial charge in [-0.25, -0.2) is 0 Å². The van der Waals surface area contributed by atoms with Crippen molar-refractivity contribution in [3.05, 3.63) is 29.8 Å². The van der Waals surface area contributed by atoms with Crippen LogP contribution in [0.4, 0.5) is 0 Å². The molecule has 22 heavy (non-hydrogen) atoms. The summed E-state index contributed by atoms with van der Waals surface area (Å²) in [5.41, 5.74) is 1.25. The van der Waals surface area contributed by atoms with Crippen molar-refractivity contribution in [2.45, 2.75) is 26.2 Å². The molecule has 0 aliphatic heterocycles. The SMILES string of the molecule is CN=C(NCCCCSC)NCCCOc1ccc(C)cc1. The van der Waals surface area contributed by atoms with E-state index >= 15 is 0 Å². The summed E-state index contributed by atoms with van der Waals surface area (Å²) in [4.78, 5) is 4.22. The molecule has 0 aromatic heterocycles. The Morgan fingerprint density at radius 1 is 1.09 bits per heavy atom. The highest BCUT2D eigenvalue weighted by Gasteiger charge is 1.97. The van der Waals surface area contributed by atoms with Gasteiger partial charge in [0, 0.05) is 20.1 Å². The number of rotatable bonds is 10. The van der Waals surface area contributed by atoms with Crippen LogP contribution in [-0.2, 0) is 0 Å². The molecule has 0 saturated carbocycles. The fourth-order valence-corrected chi connectivity index (χ4v) is 2.40. The Morgan fingerprint density at radius 2 is 1.77 bits per heavy atom. The molecule has 0 aliphatic rings. The van der Waals surface area contributed by atoms with Gasteiger partial charge in [0.2, 0.25) is 0 Å². The Balaban J connectivity index is 2.05. The van der Waals surface area contributed by atoms with Gasteiger partial charge in [0.25, 0.3) is 0 Å². The first-order valence-corrected chi connectivity index (χ1v) is 9.28. The summed E-state index contributed by atoms with van der Waals surface area (Å²) in [5, 5.41) is 6.64. The predicted octanol–water partition coefficient (Wildman–Crippen LogP) is 3.07. The van der Waals surface area contributed by atoms with Crippen LogP contribution in [0.2, 0.25) is 0 Å². The maximum absolute atomic E-state index is 5.70. The zero-order chi connectivity index (χ0) is 16.0. The largest absolute Gasteiger partial charge is 0.494 e. The van der Waals surface area contributed by atoms with Crippen molar-refractivity contribution < 1.29 is 4.74 Å². The van der Waals surface area contributed by atoms with Gasteiger partial charge in [0.05, 0.1) is 6.61 Å². The normalized spacial score (nSPS) is 11.3. The van der Waals surface area contributed by atoms with Crippen LogP contribution >= 0.6 is 11.8 Å². The van der Waals surface area contributed by atoms with E-state index in [1.54, 1.807) is 7.05 Å². The molecule has 0 fully saturated rings. The van der Waals surface area contributed by atoms with E-state index in [1.807, 2.05) is 23.9 Å². The lowest BCUT2D eigenvalue weighted by atomic mass is 10.2. The molecule has 0 heterocycles. The fourth-order valence-electron chi connectivity index (χ4n) is 1.90. The standard InChI is InChI=1S/C17H29N3OS/c1-15-7-9-16(10-8-15)21-13-6-12-20-17(18-2)19-11-4-5-14-22-3/h7-10H,4-6,11-14H2,1-3H3,(H2,18,19,20). The van der Waals surface area contributed by atoms with Crippen LogP contribution in [0.1, 0.15) is 24.8 Å². The van der Waals surface area contributed by atoms with Crippen molar-refractivity contribution in [3.8, 4) is 5.75 Å². The second kappa shape index (κ2) is 12.2. The number of ether oxygens (including phenoxy) is 1. The molecule has 2 N–H and O–H groups in total. The molecule has 0 spiro atoms. The summed E-state index contributed by atoms with van der Waals surface area (Å²) < 4.78 is 5.70. The van der Waals surface area contributed by atoms with Crippen LogP contribution in [0.15, 0.2) is 29.3 Å². The number of nitrogens with zero attached hydrogens (tertiary/aromatic N) is 1. The Hall–Kier alpha value is -1.36. The first-order valence-electron chi connectivity index (χ1n) is 7.89. The topological polar surface area (TPSA) is 45.7 Å². The molecule has 1 rings (SSSR count). The highest BCUT2D eigenvalue weighted by Crippen LogP contribution is 2.11. The van der Waals surface area contributed by atoms with Gasteiger partial charge in [-0.2, -0.15) is 11.8 Å². The first-order chi connectivity index (χ1) is 10.8. The number of thioether (sulfide) groups is 1. The van der Waals surface area contributed by atoms with Gasteiger partial charge in [-0.1, -0.05) is 17.7 Å². The lowest BCUT2D eigenvalue weighted by Crippen LogP contribution is -2.38. The Morgan fingerprint density at radius 3 is 2.41 bits per heavy atom. The van der Waals surface area contributed by atoms with Crippen molar-refractivity contribution in [2.75, 3.05) is 38.8 Å². The molecule has 5 heteroatoms. The van der Waals surface area contributed by atoms with E-state index in [0.717, 1.165) is 31.2 Å². The minimum absolute atomic E-state index is 0.709. The minimum Gasteiger partial charge on any atom is -0.494 e. The van der Waals surface area contributed by atoms with Crippen molar-refractivity contribution in [2.24, 2.45) is 4.99 Å². The second-order valence-electron chi connectivity index (χ2n) is 5.14. The maximum atomic E-state index is 5.70. The zero-order valence-electron chi connectivity index (χ0n) is 14.0. The zero-order valence-corrected chi connectivity index (χ0v) is 14.8. The fraction of sp³-hybridized carbons (Fsp3) is 0.588. The second-order valence-corrected chi connectivity index (χ2v) is 6.13. The number of hydrogen-bond donors (Lipinski definition) is 2. The van der Waals surface area contributed by atoms with Gasteiger partial charge in [-0.05, 0) is 50.3 Å². The minimum atomic E-state index is 0.709. The summed E-state index contributed by atoms with van der Waals surface area (Å²) in [5.74, 6) is 3.03. The number of nitrogens with one attached hydrogen (secondary N) is 2. The molecule has 1 aromatic carbocycles. The Labute approximate surface area is 139 Å². The number of aryl methyl sites for hydroxylation is 1. The molecule has 0 atom stereocenters. The van der Waals surface area contributed by atoms with E-state index in [2.05, 4.69) is 40.9 Å². The molecular weight excluding hydrogens is 294 g/mol. The van der Waals surface area contributed by atoms with Crippen molar-refractivity contribution >= 4 is 17.7 Å². The van der Waals surface area contributed by atoms with E-state index in [9.17, 15) is 0 Å². The number of unbranched alkanes of at least 4 members (excludes halogenated alkanes) is 1. The summed E-state index contributed by atoms with van der Waals surface area (Å²) in [6.07, 6.45) is 5.52. The van der Waals surface area contributed by atoms with Crippen molar-refractivity contribution in [3.63, 3.8) is 0 Å². The van der Waals surface area contributed by atoms with E-state index in [4.69, 9.17) is 4.74 Å². The predicted molar refractivity (Wildman–Crippen MR) is 98.3 cm³/mol. The summed E-state index contributed by atoms with van der Waals surface area (Å²) in [6.45, 7) is 4.62. The number of aliphatic imine (C=N–C) groups is 1. The van der Waals surface area contributed by atoms with Crippen LogP contribution in [-0.4, -0.2) is 44.7 Å². The van der Waals surface area contributed by atoms with Crippen LogP contribution in [0, 0.1) is 6.92 Å². The molecular formula is C17H29N3OS. The van der Waals surface area contributed by atoms with Crippen LogP contribution < -0.4 is 15.4 Å². The average molecular weight is 324 g/mol. The highest BCUT2D eigenvalue weighted by molar-refractivity contribution is 7.98. The van der Waals surface area contributed by atoms with Gasteiger partial charge in [-0.3, -0.25) is 4.99 Å². The van der Waals surface area contributed by atoms with Gasteiger partial charge < -0.3 is 15.4 Å². The summed E-state index contributed by atoms with van der Waals surface area (Å²) >= 11 is 1.90. The van der Waals surface area contributed by atoms with Crippen LogP contribution in [0.5, 0.6) is 5.75 Å².